The lowest BCUT2D eigenvalue weighted by molar-refractivity contribution is -0.121. The highest BCUT2D eigenvalue weighted by molar-refractivity contribution is 5.76. The molecule has 1 amide bonds. The molecule has 3 heteroatoms. The van der Waals surface area contributed by atoms with Crippen molar-refractivity contribution in [1.29, 1.82) is 0 Å². The molecular weight excluding hydrogens is 248 g/mol. The summed E-state index contributed by atoms with van der Waals surface area (Å²) >= 11 is 0. The van der Waals surface area contributed by atoms with Crippen molar-refractivity contribution in [3.8, 4) is 0 Å². The molecule has 0 saturated carbocycles. The fourth-order valence-corrected chi connectivity index (χ4v) is 2.47. The first kappa shape index (κ1) is 16.9. The number of amides is 1. The van der Waals surface area contributed by atoms with E-state index in [4.69, 9.17) is 0 Å². The molecule has 0 radical (unpaired) electrons. The predicted molar refractivity (Wildman–Crippen MR) is 85.7 cm³/mol. The van der Waals surface area contributed by atoms with Crippen LogP contribution in [0.2, 0.25) is 0 Å². The highest BCUT2D eigenvalue weighted by Gasteiger charge is 2.06. The van der Waals surface area contributed by atoms with Crippen LogP contribution in [-0.4, -0.2) is 12.1 Å². The second-order valence-electron chi connectivity index (χ2n) is 5.73. The van der Waals surface area contributed by atoms with Gasteiger partial charge >= 0.3 is 0 Å². The molecule has 20 heavy (non-hydrogen) atoms. The Bertz CT molecular complexity index is 310. The number of nitrogens with one attached hydrogen (secondary N) is 1. The minimum Gasteiger partial charge on any atom is -0.273 e. The molecule has 114 valence electrons. The summed E-state index contributed by atoms with van der Waals surface area (Å²) in [7, 11) is 0. The second-order valence-corrected chi connectivity index (χ2v) is 5.73. The van der Waals surface area contributed by atoms with E-state index in [-0.39, 0.29) is 5.91 Å². The van der Waals surface area contributed by atoms with E-state index in [1.807, 2.05) is 6.21 Å². The van der Waals surface area contributed by atoms with Gasteiger partial charge in [0.1, 0.15) is 0 Å². The molecule has 1 atom stereocenters. The molecule has 0 bridgehead atoms. The molecule has 0 aromatic carbocycles. The molecule has 0 saturated heterocycles. The van der Waals surface area contributed by atoms with E-state index in [2.05, 4.69) is 29.6 Å². The Kier molecular flexibility index (Phi) is 9.89. The van der Waals surface area contributed by atoms with Crippen LogP contribution in [-0.2, 0) is 4.79 Å². The van der Waals surface area contributed by atoms with E-state index in [9.17, 15) is 4.79 Å². The van der Waals surface area contributed by atoms with E-state index in [0.717, 1.165) is 32.1 Å². The molecule has 1 aliphatic rings. The Morgan fingerprint density at radius 3 is 2.65 bits per heavy atom. The Morgan fingerprint density at radius 2 is 1.95 bits per heavy atom. The van der Waals surface area contributed by atoms with Crippen LogP contribution >= 0.6 is 0 Å². The van der Waals surface area contributed by atoms with Crippen LogP contribution in [0.3, 0.4) is 0 Å². The lowest BCUT2D eigenvalue weighted by Crippen LogP contribution is -2.18. The lowest BCUT2D eigenvalue weighted by Gasteiger charge is -2.11. The summed E-state index contributed by atoms with van der Waals surface area (Å²) in [6.07, 6.45) is 18.9. The predicted octanol–water partition coefficient (Wildman–Crippen LogP) is 4.59. The lowest BCUT2D eigenvalue weighted by atomic mass is 9.96. The maximum Gasteiger partial charge on any atom is 0.240 e. The SMILES string of the molecule is CCCCCCCCCC(=O)NN=CC1CC=CCC1. The summed E-state index contributed by atoms with van der Waals surface area (Å²) in [4.78, 5) is 11.6. The molecule has 0 aliphatic heterocycles. The van der Waals surface area contributed by atoms with Gasteiger partial charge < -0.3 is 0 Å². The van der Waals surface area contributed by atoms with Gasteiger partial charge in [-0.1, -0.05) is 57.6 Å². The van der Waals surface area contributed by atoms with Gasteiger partial charge in [0.25, 0.3) is 0 Å². The Labute approximate surface area is 123 Å². The molecule has 1 rings (SSSR count). The van der Waals surface area contributed by atoms with E-state index in [1.165, 1.54) is 32.1 Å². The third-order valence-electron chi connectivity index (χ3n) is 3.79. The van der Waals surface area contributed by atoms with Crippen molar-refractivity contribution in [3.05, 3.63) is 12.2 Å². The van der Waals surface area contributed by atoms with Gasteiger partial charge in [0.05, 0.1) is 0 Å². The molecule has 0 fully saturated rings. The fraction of sp³-hybridized carbons (Fsp3) is 0.765. The van der Waals surface area contributed by atoms with Gasteiger partial charge in [0, 0.05) is 12.6 Å². The van der Waals surface area contributed by atoms with Gasteiger partial charge in [-0.25, -0.2) is 5.43 Å². The Hall–Kier alpha value is -1.12. The van der Waals surface area contributed by atoms with Gasteiger partial charge in [-0.05, 0) is 31.6 Å². The van der Waals surface area contributed by atoms with Gasteiger partial charge in [-0.3, -0.25) is 4.79 Å². The number of carbonyl (C=O) groups excluding carboxylic acids is 1. The Morgan fingerprint density at radius 1 is 1.20 bits per heavy atom. The highest BCUT2D eigenvalue weighted by atomic mass is 16.2. The van der Waals surface area contributed by atoms with E-state index in [1.54, 1.807) is 0 Å². The summed E-state index contributed by atoms with van der Waals surface area (Å²) in [5.41, 5.74) is 2.65. The van der Waals surface area contributed by atoms with Crippen molar-refractivity contribution >= 4 is 12.1 Å². The zero-order valence-corrected chi connectivity index (χ0v) is 12.9. The van der Waals surface area contributed by atoms with Crippen molar-refractivity contribution in [2.24, 2.45) is 11.0 Å². The van der Waals surface area contributed by atoms with Gasteiger partial charge in [-0.15, -0.1) is 0 Å². The largest absolute Gasteiger partial charge is 0.273 e. The number of allylic oxidation sites excluding steroid dienone is 2. The quantitative estimate of drug-likeness (QED) is 0.270. The fourth-order valence-electron chi connectivity index (χ4n) is 2.47. The molecule has 0 heterocycles. The summed E-state index contributed by atoms with van der Waals surface area (Å²) in [5.74, 6) is 0.556. The molecular formula is C17H30N2O. The molecule has 0 aromatic rings. The number of hydrogen-bond acceptors (Lipinski definition) is 2. The van der Waals surface area contributed by atoms with Crippen molar-refractivity contribution in [2.75, 3.05) is 0 Å². The zero-order chi connectivity index (χ0) is 14.5. The molecule has 0 spiro atoms. The van der Waals surface area contributed by atoms with Crippen LogP contribution < -0.4 is 5.43 Å². The van der Waals surface area contributed by atoms with E-state index in [0.29, 0.717) is 12.3 Å². The van der Waals surface area contributed by atoms with Gasteiger partial charge in [0.15, 0.2) is 0 Å². The van der Waals surface area contributed by atoms with Crippen LogP contribution in [0.4, 0.5) is 0 Å². The number of hydrogen-bond donors (Lipinski definition) is 1. The van der Waals surface area contributed by atoms with Gasteiger partial charge in [-0.2, -0.15) is 5.10 Å². The maximum atomic E-state index is 11.6. The van der Waals surface area contributed by atoms with Crippen molar-refractivity contribution in [2.45, 2.75) is 77.6 Å². The van der Waals surface area contributed by atoms with Crippen LogP contribution in [0.25, 0.3) is 0 Å². The zero-order valence-electron chi connectivity index (χ0n) is 12.9. The van der Waals surface area contributed by atoms with Crippen LogP contribution in [0.1, 0.15) is 77.6 Å². The summed E-state index contributed by atoms with van der Waals surface area (Å²) in [5, 5.41) is 4.08. The first-order valence-electron chi connectivity index (χ1n) is 8.30. The van der Waals surface area contributed by atoms with E-state index < -0.39 is 0 Å². The summed E-state index contributed by atoms with van der Waals surface area (Å²) in [6.45, 7) is 2.23. The minimum atomic E-state index is 0.0566. The summed E-state index contributed by atoms with van der Waals surface area (Å²) in [6, 6.07) is 0. The smallest absolute Gasteiger partial charge is 0.240 e. The molecule has 1 aliphatic carbocycles. The summed E-state index contributed by atoms with van der Waals surface area (Å²) < 4.78 is 0. The normalized spacial score (nSPS) is 18.6. The first-order chi connectivity index (χ1) is 9.83. The van der Waals surface area contributed by atoms with Crippen LogP contribution in [0, 0.1) is 5.92 Å². The molecule has 3 nitrogen and oxygen atoms in total. The van der Waals surface area contributed by atoms with Crippen molar-refractivity contribution in [3.63, 3.8) is 0 Å². The third kappa shape index (κ3) is 8.89. The average molecular weight is 278 g/mol. The highest BCUT2D eigenvalue weighted by Crippen LogP contribution is 2.15. The van der Waals surface area contributed by atoms with E-state index >= 15 is 0 Å². The van der Waals surface area contributed by atoms with Crippen LogP contribution in [0.5, 0.6) is 0 Å². The van der Waals surface area contributed by atoms with Crippen LogP contribution in [0.15, 0.2) is 17.3 Å². The maximum absolute atomic E-state index is 11.6. The standard InChI is InChI=1S/C17H30N2O/c1-2-3-4-5-6-7-11-14-17(20)19-18-15-16-12-9-8-10-13-16/h8-9,15-16H,2-7,10-14H2,1H3,(H,19,20). The first-order valence-corrected chi connectivity index (χ1v) is 8.30. The molecule has 1 unspecified atom stereocenters. The number of rotatable bonds is 10. The molecule has 0 aromatic heterocycles. The molecule has 1 N–H and O–H groups in total. The topological polar surface area (TPSA) is 41.5 Å². The number of carbonyl (C=O) groups is 1. The average Bonchev–Trinajstić information content (AvgIpc) is 2.47. The monoisotopic (exact) mass is 278 g/mol. The Balaban J connectivity index is 1.94. The third-order valence-corrected chi connectivity index (χ3v) is 3.79. The van der Waals surface area contributed by atoms with Gasteiger partial charge in [0.2, 0.25) is 5.91 Å². The minimum absolute atomic E-state index is 0.0566. The van der Waals surface area contributed by atoms with Crippen molar-refractivity contribution < 1.29 is 4.79 Å². The number of unbranched alkanes of at least 4 members (excludes halogenated alkanes) is 6. The van der Waals surface area contributed by atoms with Crippen molar-refractivity contribution in [1.82, 2.24) is 5.43 Å². The number of nitrogens with zero attached hydrogens (tertiary/aromatic N) is 1. The second kappa shape index (κ2) is 11.7. The number of hydrazone groups is 1.